The number of halogens is 1. The standard InChI is InChI=1S/C23H24FN9O10P2S2/c1-9-13-18(27-6-26-9)32(7-28-13)21-12(24)16-11(41-21)5-39-45(37,47)43-17-15(34)10(4-38-44(36,46)42-16)40-22(17)33-8-29-14-19(35)30-23-25-2-3-31(23)20(14)33/h2-3,6-8,10-12,15-17,21-22,34H,4-5H2,1H3,(H,36,46)(H,37,47)(H,25,30,35)/t10-,11-,12-,15-,16-,17-,21-,22-,44?,45?/m1/s1. The van der Waals surface area contributed by atoms with Gasteiger partial charge in [-0.2, -0.15) is 0 Å². The van der Waals surface area contributed by atoms with E-state index in [0.29, 0.717) is 11.2 Å². The number of nitrogens with one attached hydrogen (secondary N) is 1. The third-order valence-electron chi connectivity index (χ3n) is 8.06. The Morgan fingerprint density at radius 2 is 1.62 bits per heavy atom. The Bertz CT molecular complexity index is 2180. The number of aromatic amines is 1. The third kappa shape index (κ3) is 5.37. The molecule has 0 aromatic carbocycles. The molecule has 24 heteroatoms. The average molecular weight is 732 g/mol. The Morgan fingerprint density at radius 1 is 0.936 bits per heavy atom. The SMILES string of the molecule is Cc1ncnc2c1ncn2[C@@H]1O[C@@H]2COP(O)(=S)O[C@@H]3[C@H](O)[C@@H](COP(O)(=S)O[C@H]2[C@H]1F)O[C@H]3n1cnc2c(=O)[nH]c3nccn3c21. The van der Waals surface area contributed by atoms with Crippen molar-refractivity contribution in [3.63, 3.8) is 0 Å². The summed E-state index contributed by atoms with van der Waals surface area (Å²) in [5.74, 6) is 0.206. The molecule has 10 atom stereocenters. The van der Waals surface area contributed by atoms with Crippen molar-refractivity contribution < 1.29 is 46.9 Å². The number of aromatic nitrogens is 9. The first-order valence-electron chi connectivity index (χ1n) is 13.9. The molecule has 3 saturated heterocycles. The number of imidazole rings is 3. The number of aliphatic hydroxyl groups is 1. The van der Waals surface area contributed by atoms with Crippen molar-refractivity contribution in [2.45, 2.75) is 56.1 Å². The van der Waals surface area contributed by atoms with Crippen molar-refractivity contribution >= 4 is 65.2 Å². The highest BCUT2D eigenvalue weighted by atomic mass is 32.5. The Morgan fingerprint density at radius 3 is 2.40 bits per heavy atom. The molecule has 2 unspecified atom stereocenters. The largest absolute Gasteiger partial charge is 0.387 e. The fraction of sp³-hybridized carbons (Fsp3) is 0.478. The Kier molecular flexibility index (Phi) is 7.69. The summed E-state index contributed by atoms with van der Waals surface area (Å²) in [6, 6.07) is 0. The lowest BCUT2D eigenvalue weighted by atomic mass is 10.1. The molecule has 19 nitrogen and oxygen atoms in total. The van der Waals surface area contributed by atoms with Gasteiger partial charge in [0.25, 0.3) is 5.56 Å². The van der Waals surface area contributed by atoms with E-state index in [2.05, 4.69) is 29.9 Å². The van der Waals surface area contributed by atoms with E-state index in [9.17, 15) is 19.7 Å². The zero-order chi connectivity index (χ0) is 32.8. The predicted molar refractivity (Wildman–Crippen MR) is 163 cm³/mol. The minimum atomic E-state index is -4.25. The van der Waals surface area contributed by atoms with Gasteiger partial charge in [0.15, 0.2) is 35.4 Å². The maximum atomic E-state index is 16.1. The molecule has 47 heavy (non-hydrogen) atoms. The molecule has 5 aromatic rings. The number of ether oxygens (including phenoxy) is 2. The van der Waals surface area contributed by atoms with Gasteiger partial charge in [0, 0.05) is 12.4 Å². The van der Waals surface area contributed by atoms with Crippen LogP contribution in [0.3, 0.4) is 0 Å². The van der Waals surface area contributed by atoms with E-state index in [4.69, 9.17) is 51.2 Å². The van der Waals surface area contributed by atoms with Crippen LogP contribution < -0.4 is 5.56 Å². The van der Waals surface area contributed by atoms with Crippen molar-refractivity contribution in [1.29, 1.82) is 0 Å². The number of alkyl halides is 1. The van der Waals surface area contributed by atoms with Gasteiger partial charge in [-0.3, -0.25) is 32.4 Å². The average Bonchev–Trinajstić information content (AvgIpc) is 3.84. The fourth-order valence-electron chi connectivity index (χ4n) is 5.90. The maximum Gasteiger partial charge on any atom is 0.325 e. The Hall–Kier alpha value is -2.69. The van der Waals surface area contributed by atoms with Crippen molar-refractivity contribution in [3.05, 3.63) is 47.4 Å². The number of aliphatic hydroxyl groups excluding tert-OH is 1. The molecule has 4 N–H and O–H groups in total. The normalized spacial score (nSPS) is 36.8. The van der Waals surface area contributed by atoms with Crippen LogP contribution in [0.15, 0.2) is 36.2 Å². The molecule has 0 amide bonds. The molecule has 8 rings (SSSR count). The highest BCUT2D eigenvalue weighted by molar-refractivity contribution is 8.07. The fourth-order valence-corrected chi connectivity index (χ4v) is 8.75. The van der Waals surface area contributed by atoms with Crippen LogP contribution in [0.25, 0.3) is 28.1 Å². The van der Waals surface area contributed by atoms with Crippen LogP contribution in [0.2, 0.25) is 0 Å². The summed E-state index contributed by atoms with van der Waals surface area (Å²) in [5, 5.41) is 11.3. The zero-order valence-electron chi connectivity index (χ0n) is 23.8. The van der Waals surface area contributed by atoms with Crippen molar-refractivity contribution in [3.8, 4) is 0 Å². The molecule has 8 heterocycles. The molecule has 3 aliphatic heterocycles. The van der Waals surface area contributed by atoms with Crippen molar-refractivity contribution in [2.75, 3.05) is 13.2 Å². The summed E-state index contributed by atoms with van der Waals surface area (Å²) in [6.07, 6.45) is -4.71. The monoisotopic (exact) mass is 731 g/mol. The molecule has 250 valence electrons. The predicted octanol–water partition coefficient (Wildman–Crippen LogP) is 0.265. The lowest BCUT2D eigenvalue weighted by Gasteiger charge is -2.28. The first-order chi connectivity index (χ1) is 22.4. The zero-order valence-corrected chi connectivity index (χ0v) is 27.2. The van der Waals surface area contributed by atoms with Crippen LogP contribution in [0, 0.1) is 6.92 Å². The summed E-state index contributed by atoms with van der Waals surface area (Å²) in [5.41, 5.74) is 0.977. The molecule has 5 aromatic heterocycles. The Labute approximate surface area is 271 Å². The highest BCUT2D eigenvalue weighted by Crippen LogP contribution is 2.54. The summed E-state index contributed by atoms with van der Waals surface area (Å²) < 4.78 is 55.0. The minimum absolute atomic E-state index is 0.0208. The Balaban J connectivity index is 1.13. The smallest absolute Gasteiger partial charge is 0.325 e. The summed E-state index contributed by atoms with van der Waals surface area (Å²) in [6.45, 7) is -7.90. The molecule has 0 spiro atoms. The second kappa shape index (κ2) is 11.4. The van der Waals surface area contributed by atoms with Crippen molar-refractivity contribution in [2.24, 2.45) is 0 Å². The first kappa shape index (κ1) is 31.6. The second-order valence-electron chi connectivity index (χ2n) is 10.9. The molecule has 0 radical (unpaired) electrons. The lowest BCUT2D eigenvalue weighted by Crippen LogP contribution is -2.35. The number of hydrogen-bond acceptors (Lipinski definition) is 15. The lowest BCUT2D eigenvalue weighted by molar-refractivity contribution is -0.0602. The van der Waals surface area contributed by atoms with E-state index in [1.807, 2.05) is 0 Å². The first-order valence-corrected chi connectivity index (χ1v) is 19.1. The molecule has 0 saturated carbocycles. The van der Waals surface area contributed by atoms with E-state index in [1.54, 1.807) is 13.1 Å². The van der Waals surface area contributed by atoms with Gasteiger partial charge >= 0.3 is 13.4 Å². The third-order valence-corrected chi connectivity index (χ3v) is 11.2. The van der Waals surface area contributed by atoms with Crippen LogP contribution in [-0.2, 0) is 51.2 Å². The molecule has 0 aliphatic carbocycles. The van der Waals surface area contributed by atoms with E-state index in [1.165, 1.54) is 38.7 Å². The number of fused-ring (bicyclic) bond motifs is 7. The van der Waals surface area contributed by atoms with E-state index >= 15 is 4.39 Å². The number of aryl methyl sites for hydroxylation is 1. The summed E-state index contributed by atoms with van der Waals surface area (Å²) >= 11 is 10.5. The number of hydrogen-bond donors (Lipinski definition) is 4. The van der Waals surface area contributed by atoms with Gasteiger partial charge in [0.2, 0.25) is 5.78 Å². The number of nitrogens with zero attached hydrogens (tertiary/aromatic N) is 8. The van der Waals surface area contributed by atoms with Gasteiger partial charge in [0.05, 0.1) is 31.6 Å². The second-order valence-corrected chi connectivity index (χ2v) is 16.5. The van der Waals surface area contributed by atoms with Gasteiger partial charge in [0.1, 0.15) is 42.4 Å². The topological polar surface area (TPSA) is 228 Å². The summed E-state index contributed by atoms with van der Waals surface area (Å²) in [4.78, 5) is 58.4. The molecule has 2 bridgehead atoms. The highest BCUT2D eigenvalue weighted by Gasteiger charge is 2.53. The molecule has 3 aliphatic rings. The van der Waals surface area contributed by atoms with Crippen LogP contribution in [0.4, 0.5) is 4.39 Å². The van der Waals surface area contributed by atoms with Crippen LogP contribution in [0.1, 0.15) is 18.1 Å². The molecular weight excluding hydrogens is 707 g/mol. The maximum absolute atomic E-state index is 16.1. The van der Waals surface area contributed by atoms with Crippen LogP contribution in [-0.4, -0.2) is 108 Å². The number of H-pyrrole nitrogens is 1. The van der Waals surface area contributed by atoms with E-state index in [-0.39, 0.29) is 22.6 Å². The molecule has 3 fully saturated rings. The van der Waals surface area contributed by atoms with Gasteiger partial charge in [-0.1, -0.05) is 0 Å². The quantitative estimate of drug-likeness (QED) is 0.179. The molecular formula is C23H24FN9O10P2S2. The van der Waals surface area contributed by atoms with Gasteiger partial charge in [-0.15, -0.1) is 0 Å². The van der Waals surface area contributed by atoms with Gasteiger partial charge in [-0.25, -0.2) is 29.3 Å². The number of rotatable bonds is 2. The van der Waals surface area contributed by atoms with Gasteiger partial charge in [-0.05, 0) is 30.5 Å². The summed E-state index contributed by atoms with van der Waals surface area (Å²) in [7, 11) is 0. The van der Waals surface area contributed by atoms with Crippen LogP contribution in [0.5, 0.6) is 0 Å². The minimum Gasteiger partial charge on any atom is -0.387 e. The van der Waals surface area contributed by atoms with Gasteiger partial charge < -0.3 is 33.4 Å². The van der Waals surface area contributed by atoms with E-state index in [0.717, 1.165) is 0 Å². The van der Waals surface area contributed by atoms with Crippen molar-refractivity contribution in [1.82, 2.24) is 43.4 Å². The van der Waals surface area contributed by atoms with Crippen LogP contribution >= 0.6 is 13.4 Å². The van der Waals surface area contributed by atoms with E-state index < -0.39 is 81.4 Å².